The fraction of sp³-hybridized carbons (Fsp3) is 1.00. The van der Waals surface area contributed by atoms with Gasteiger partial charge in [0.2, 0.25) is 0 Å². The van der Waals surface area contributed by atoms with E-state index in [0.717, 1.165) is 11.8 Å². The minimum absolute atomic E-state index is 0.948. The maximum atomic E-state index is 3.74. The van der Waals surface area contributed by atoms with Crippen LogP contribution in [0.1, 0.15) is 129 Å². The normalized spacial score (nSPS) is 19.9. The average molecular weight is 395 g/mol. The molecule has 0 heterocycles. The molecule has 0 spiro atoms. The van der Waals surface area contributed by atoms with Crippen LogP contribution in [-0.2, 0) is 0 Å². The lowest BCUT2D eigenvalue weighted by molar-refractivity contribution is 0.261. The van der Waals surface area contributed by atoms with Crippen LogP contribution in [0.2, 0.25) is 0 Å². The van der Waals surface area contributed by atoms with Gasteiger partial charge in [-0.2, -0.15) is 0 Å². The highest BCUT2D eigenvalue weighted by Crippen LogP contribution is 2.27. The Kier molecular flexibility index (Phi) is 18.7. The van der Waals surface area contributed by atoms with Crippen LogP contribution in [0.15, 0.2) is 0 Å². The van der Waals surface area contributed by atoms with Crippen molar-refractivity contribution in [2.24, 2.45) is 11.8 Å². The van der Waals surface area contributed by atoms with Crippen molar-refractivity contribution in [1.29, 1.82) is 0 Å². The van der Waals surface area contributed by atoms with Crippen LogP contribution in [0, 0.1) is 11.8 Å². The number of hydrogen-bond acceptors (Lipinski definition) is 2. The Balaban J connectivity index is 1.81. The first-order chi connectivity index (χ1) is 13.9. The third kappa shape index (κ3) is 15.8. The molecule has 0 unspecified atom stereocenters. The van der Waals surface area contributed by atoms with Crippen molar-refractivity contribution >= 4 is 0 Å². The molecule has 0 atom stereocenters. The van der Waals surface area contributed by atoms with E-state index < -0.39 is 0 Å². The molecule has 0 aromatic carbocycles. The molecule has 0 aromatic rings. The highest BCUT2D eigenvalue weighted by atomic mass is 14.9. The van der Waals surface area contributed by atoms with E-state index in [1.807, 2.05) is 0 Å². The van der Waals surface area contributed by atoms with Crippen molar-refractivity contribution in [2.45, 2.75) is 129 Å². The topological polar surface area (TPSA) is 24.1 Å². The van der Waals surface area contributed by atoms with Crippen LogP contribution in [0.25, 0.3) is 0 Å². The lowest BCUT2D eigenvalue weighted by Crippen LogP contribution is -2.31. The smallest absolute Gasteiger partial charge is 0.00205 e. The Labute approximate surface area is 178 Å². The third-order valence-electron chi connectivity index (χ3n) is 6.75. The minimum atomic E-state index is 0.948. The maximum absolute atomic E-state index is 3.74. The van der Waals surface area contributed by atoms with E-state index in [0.29, 0.717) is 0 Å². The first kappa shape index (κ1) is 26.0. The van der Waals surface area contributed by atoms with Gasteiger partial charge in [0.15, 0.2) is 0 Å². The summed E-state index contributed by atoms with van der Waals surface area (Å²) in [5.41, 5.74) is 0. The van der Waals surface area contributed by atoms with Gasteiger partial charge >= 0.3 is 0 Å². The summed E-state index contributed by atoms with van der Waals surface area (Å²) in [6.07, 6.45) is 25.7. The van der Waals surface area contributed by atoms with E-state index in [4.69, 9.17) is 0 Å². The number of rotatable bonds is 20. The SMILES string of the molecule is CCCCCCCCCNCC1CCC(CNCCCCCCCCC)CC1. The van der Waals surface area contributed by atoms with E-state index in [2.05, 4.69) is 24.5 Å². The third-order valence-corrected chi connectivity index (χ3v) is 6.75. The van der Waals surface area contributed by atoms with E-state index >= 15 is 0 Å². The molecule has 0 aromatic heterocycles. The summed E-state index contributed by atoms with van der Waals surface area (Å²) in [4.78, 5) is 0. The summed E-state index contributed by atoms with van der Waals surface area (Å²) >= 11 is 0. The Bertz CT molecular complexity index is 267. The molecule has 1 aliphatic carbocycles. The van der Waals surface area contributed by atoms with Gasteiger partial charge in [0.1, 0.15) is 0 Å². The van der Waals surface area contributed by atoms with Gasteiger partial charge in [-0.05, 0) is 76.5 Å². The highest BCUT2D eigenvalue weighted by Gasteiger charge is 2.20. The standard InChI is InChI=1S/C26H54N2/c1-3-5-7-9-11-13-15-21-27-23-25-17-19-26(20-18-25)24-28-22-16-14-12-10-8-6-4-2/h25-28H,3-24H2,1-2H3. The molecule has 1 saturated carbocycles. The molecule has 0 aliphatic heterocycles. The largest absolute Gasteiger partial charge is 0.316 e. The van der Waals surface area contributed by atoms with Crippen LogP contribution in [-0.4, -0.2) is 26.2 Å². The van der Waals surface area contributed by atoms with E-state index in [-0.39, 0.29) is 0 Å². The molecule has 1 rings (SSSR count). The van der Waals surface area contributed by atoms with Crippen LogP contribution >= 0.6 is 0 Å². The van der Waals surface area contributed by atoms with Gasteiger partial charge in [0.05, 0.1) is 0 Å². The number of hydrogen-bond donors (Lipinski definition) is 2. The monoisotopic (exact) mass is 394 g/mol. The molecule has 2 N–H and O–H groups in total. The van der Waals surface area contributed by atoms with Crippen LogP contribution in [0.4, 0.5) is 0 Å². The second-order valence-corrected chi connectivity index (χ2v) is 9.54. The molecular weight excluding hydrogens is 340 g/mol. The van der Waals surface area contributed by atoms with Crippen molar-refractivity contribution in [3.8, 4) is 0 Å². The zero-order chi connectivity index (χ0) is 20.1. The maximum Gasteiger partial charge on any atom is -0.00205 e. The van der Waals surface area contributed by atoms with E-state index in [1.54, 1.807) is 0 Å². The second-order valence-electron chi connectivity index (χ2n) is 9.54. The molecule has 0 amide bonds. The Morgan fingerprint density at radius 3 is 1.14 bits per heavy atom. The van der Waals surface area contributed by atoms with Crippen LogP contribution in [0.5, 0.6) is 0 Å². The molecule has 2 nitrogen and oxygen atoms in total. The molecule has 1 fully saturated rings. The molecular formula is C26H54N2. The zero-order valence-electron chi connectivity index (χ0n) is 19.7. The predicted octanol–water partition coefficient (Wildman–Crippen LogP) is 7.47. The summed E-state index contributed by atoms with van der Waals surface area (Å²) in [7, 11) is 0. The van der Waals surface area contributed by atoms with Crippen LogP contribution < -0.4 is 10.6 Å². The van der Waals surface area contributed by atoms with Gasteiger partial charge in [0.25, 0.3) is 0 Å². The lowest BCUT2D eigenvalue weighted by atomic mass is 9.82. The van der Waals surface area contributed by atoms with Gasteiger partial charge in [-0.15, -0.1) is 0 Å². The lowest BCUT2D eigenvalue weighted by Gasteiger charge is -2.29. The highest BCUT2D eigenvalue weighted by molar-refractivity contribution is 4.75. The van der Waals surface area contributed by atoms with Crippen molar-refractivity contribution in [2.75, 3.05) is 26.2 Å². The average Bonchev–Trinajstić information content (AvgIpc) is 2.72. The van der Waals surface area contributed by atoms with Crippen molar-refractivity contribution in [3.63, 3.8) is 0 Å². The molecule has 0 radical (unpaired) electrons. The minimum Gasteiger partial charge on any atom is -0.316 e. The fourth-order valence-electron chi connectivity index (χ4n) is 4.67. The number of unbranched alkanes of at least 4 members (excludes halogenated alkanes) is 12. The summed E-state index contributed by atoms with van der Waals surface area (Å²) in [5.74, 6) is 1.90. The first-order valence-corrected chi connectivity index (χ1v) is 13.3. The Hall–Kier alpha value is -0.0800. The van der Waals surface area contributed by atoms with Crippen molar-refractivity contribution in [3.05, 3.63) is 0 Å². The van der Waals surface area contributed by atoms with E-state index in [9.17, 15) is 0 Å². The Morgan fingerprint density at radius 2 is 0.786 bits per heavy atom. The summed E-state index contributed by atoms with van der Waals surface area (Å²) in [6.45, 7) is 9.62. The van der Waals surface area contributed by atoms with Gasteiger partial charge in [-0.3, -0.25) is 0 Å². The van der Waals surface area contributed by atoms with Gasteiger partial charge in [0, 0.05) is 0 Å². The quantitative estimate of drug-likeness (QED) is 0.209. The van der Waals surface area contributed by atoms with Crippen molar-refractivity contribution in [1.82, 2.24) is 10.6 Å². The molecule has 28 heavy (non-hydrogen) atoms. The van der Waals surface area contributed by atoms with Gasteiger partial charge in [-0.25, -0.2) is 0 Å². The summed E-state index contributed by atoms with van der Waals surface area (Å²) in [6, 6.07) is 0. The van der Waals surface area contributed by atoms with Gasteiger partial charge < -0.3 is 10.6 Å². The molecule has 168 valence electrons. The molecule has 0 bridgehead atoms. The van der Waals surface area contributed by atoms with Gasteiger partial charge in [-0.1, -0.05) is 90.9 Å². The van der Waals surface area contributed by atoms with Crippen molar-refractivity contribution < 1.29 is 0 Å². The second kappa shape index (κ2) is 20.2. The van der Waals surface area contributed by atoms with E-state index in [1.165, 1.54) is 142 Å². The molecule has 2 heteroatoms. The Morgan fingerprint density at radius 1 is 0.464 bits per heavy atom. The molecule has 0 saturated heterocycles. The first-order valence-electron chi connectivity index (χ1n) is 13.3. The van der Waals surface area contributed by atoms with Crippen LogP contribution in [0.3, 0.4) is 0 Å². The molecule has 1 aliphatic rings. The fourth-order valence-corrected chi connectivity index (χ4v) is 4.67. The predicted molar refractivity (Wildman–Crippen MR) is 127 cm³/mol. The summed E-state index contributed by atoms with van der Waals surface area (Å²) in [5, 5.41) is 7.48. The number of nitrogens with one attached hydrogen (secondary N) is 2. The summed E-state index contributed by atoms with van der Waals surface area (Å²) < 4.78 is 0. The zero-order valence-corrected chi connectivity index (χ0v) is 19.7.